The maximum Gasteiger partial charge on any atom is 0.163 e. The van der Waals surface area contributed by atoms with Crippen LogP contribution in [0.4, 0.5) is 0 Å². The predicted octanol–water partition coefficient (Wildman–Crippen LogP) is 4.37. The molecule has 4 heteroatoms. The Kier molecular flexibility index (Phi) is 3.47. The average Bonchev–Trinajstić information content (AvgIpc) is 2.93. The van der Waals surface area contributed by atoms with Crippen LogP contribution in [0.25, 0.3) is 16.9 Å². The van der Waals surface area contributed by atoms with Crippen molar-refractivity contribution >= 4 is 11.6 Å². The maximum absolute atomic E-state index is 9.11. The Bertz CT molecular complexity index is 746. The summed E-state index contributed by atoms with van der Waals surface area (Å²) in [6.07, 6.45) is 0. The van der Waals surface area contributed by atoms with E-state index in [0.29, 0.717) is 10.7 Å². The summed E-state index contributed by atoms with van der Waals surface area (Å²) in [5.41, 5.74) is 4.33. The van der Waals surface area contributed by atoms with Gasteiger partial charge < -0.3 is 0 Å². The number of hydrogen-bond acceptors (Lipinski definition) is 2. The van der Waals surface area contributed by atoms with Crippen molar-refractivity contribution in [2.75, 3.05) is 0 Å². The fourth-order valence-corrected chi connectivity index (χ4v) is 2.27. The number of aromatic nitrogens is 2. The molecule has 0 radical (unpaired) electrons. The minimum absolute atomic E-state index is 0.389. The molecule has 0 atom stereocenters. The first kappa shape index (κ1) is 13.4. The minimum atomic E-state index is 0.389. The topological polar surface area (TPSA) is 41.6 Å². The van der Waals surface area contributed by atoms with Crippen LogP contribution in [0.3, 0.4) is 0 Å². The summed E-state index contributed by atoms with van der Waals surface area (Å²) < 4.78 is 1.78. The van der Waals surface area contributed by atoms with E-state index >= 15 is 0 Å². The Hall–Kier alpha value is -2.57. The SMILES string of the molecule is Cc1ccc(-n2nc(C#N)cc2-c2ccc(Cl)cc2)cc1. The molecule has 0 aliphatic carbocycles. The number of aryl methyl sites for hydroxylation is 1. The molecule has 1 heterocycles. The highest BCUT2D eigenvalue weighted by atomic mass is 35.5. The maximum atomic E-state index is 9.11. The number of rotatable bonds is 2. The zero-order chi connectivity index (χ0) is 14.8. The normalized spacial score (nSPS) is 10.3. The van der Waals surface area contributed by atoms with E-state index in [-0.39, 0.29) is 0 Å². The molecule has 0 amide bonds. The second-order valence-electron chi connectivity index (χ2n) is 4.78. The summed E-state index contributed by atoms with van der Waals surface area (Å²) in [6, 6.07) is 19.4. The minimum Gasteiger partial charge on any atom is -0.232 e. The molecular weight excluding hydrogens is 282 g/mol. The molecule has 0 saturated carbocycles. The third-order valence-corrected chi connectivity index (χ3v) is 3.49. The third-order valence-electron chi connectivity index (χ3n) is 3.24. The first-order chi connectivity index (χ1) is 10.2. The second kappa shape index (κ2) is 5.43. The van der Waals surface area contributed by atoms with Gasteiger partial charge in [0.25, 0.3) is 0 Å². The second-order valence-corrected chi connectivity index (χ2v) is 5.22. The van der Waals surface area contributed by atoms with Crippen molar-refractivity contribution in [2.45, 2.75) is 6.92 Å². The van der Waals surface area contributed by atoms with Gasteiger partial charge in [-0.05, 0) is 31.2 Å². The molecule has 2 aromatic carbocycles. The average molecular weight is 294 g/mol. The van der Waals surface area contributed by atoms with Crippen LogP contribution in [-0.4, -0.2) is 9.78 Å². The molecule has 21 heavy (non-hydrogen) atoms. The van der Waals surface area contributed by atoms with E-state index in [4.69, 9.17) is 16.9 Å². The molecule has 3 aromatic rings. The Morgan fingerprint density at radius 3 is 2.33 bits per heavy atom. The highest BCUT2D eigenvalue weighted by Gasteiger charge is 2.11. The van der Waals surface area contributed by atoms with Gasteiger partial charge in [0.15, 0.2) is 5.69 Å². The Labute approximate surface area is 128 Å². The van der Waals surface area contributed by atoms with Gasteiger partial charge >= 0.3 is 0 Å². The van der Waals surface area contributed by atoms with Crippen LogP contribution in [0.1, 0.15) is 11.3 Å². The zero-order valence-corrected chi connectivity index (χ0v) is 12.2. The van der Waals surface area contributed by atoms with Crippen LogP contribution >= 0.6 is 11.6 Å². The number of hydrogen-bond donors (Lipinski definition) is 0. The van der Waals surface area contributed by atoms with Gasteiger partial charge in [-0.1, -0.05) is 41.4 Å². The van der Waals surface area contributed by atoms with Crippen molar-refractivity contribution in [1.29, 1.82) is 5.26 Å². The molecule has 3 rings (SSSR count). The van der Waals surface area contributed by atoms with E-state index in [1.54, 1.807) is 10.7 Å². The molecule has 0 bridgehead atoms. The van der Waals surface area contributed by atoms with Gasteiger partial charge in [0.2, 0.25) is 0 Å². The first-order valence-corrected chi connectivity index (χ1v) is 6.88. The first-order valence-electron chi connectivity index (χ1n) is 6.50. The van der Waals surface area contributed by atoms with Gasteiger partial charge in [0, 0.05) is 16.7 Å². The van der Waals surface area contributed by atoms with E-state index in [1.807, 2.05) is 55.5 Å². The van der Waals surface area contributed by atoms with E-state index < -0.39 is 0 Å². The van der Waals surface area contributed by atoms with Crippen molar-refractivity contribution in [3.05, 3.63) is 70.9 Å². The van der Waals surface area contributed by atoms with E-state index in [2.05, 4.69) is 11.2 Å². The Morgan fingerprint density at radius 1 is 1.05 bits per heavy atom. The molecule has 3 nitrogen and oxygen atoms in total. The molecule has 0 aliphatic heterocycles. The molecule has 0 unspecified atom stereocenters. The number of nitrogens with zero attached hydrogens (tertiary/aromatic N) is 3. The molecule has 1 aromatic heterocycles. The van der Waals surface area contributed by atoms with Crippen LogP contribution in [-0.2, 0) is 0 Å². The Morgan fingerprint density at radius 2 is 1.71 bits per heavy atom. The third kappa shape index (κ3) is 2.67. The highest BCUT2D eigenvalue weighted by molar-refractivity contribution is 6.30. The lowest BCUT2D eigenvalue weighted by Gasteiger charge is -2.08. The molecule has 0 spiro atoms. The van der Waals surface area contributed by atoms with Crippen LogP contribution < -0.4 is 0 Å². The number of halogens is 1. The van der Waals surface area contributed by atoms with Crippen LogP contribution in [0.2, 0.25) is 5.02 Å². The molecule has 102 valence electrons. The van der Waals surface area contributed by atoms with E-state index in [0.717, 1.165) is 16.9 Å². The van der Waals surface area contributed by atoms with Gasteiger partial charge in [-0.25, -0.2) is 4.68 Å². The molecule has 0 saturated heterocycles. The lowest BCUT2D eigenvalue weighted by molar-refractivity contribution is 0.880. The van der Waals surface area contributed by atoms with E-state index in [9.17, 15) is 0 Å². The van der Waals surface area contributed by atoms with Crippen molar-refractivity contribution < 1.29 is 0 Å². The fraction of sp³-hybridized carbons (Fsp3) is 0.0588. The number of nitriles is 1. The zero-order valence-electron chi connectivity index (χ0n) is 11.4. The van der Waals surface area contributed by atoms with Crippen molar-refractivity contribution in [3.63, 3.8) is 0 Å². The predicted molar refractivity (Wildman–Crippen MR) is 83.5 cm³/mol. The lowest BCUT2D eigenvalue weighted by Crippen LogP contribution is -1.99. The van der Waals surface area contributed by atoms with Crippen molar-refractivity contribution in [1.82, 2.24) is 9.78 Å². The van der Waals surface area contributed by atoms with Crippen molar-refractivity contribution in [3.8, 4) is 23.0 Å². The molecular formula is C17H12ClN3. The van der Waals surface area contributed by atoms with Gasteiger partial charge in [-0.2, -0.15) is 10.4 Å². The van der Waals surface area contributed by atoms with Gasteiger partial charge in [0.05, 0.1) is 11.4 Å². The highest BCUT2D eigenvalue weighted by Crippen LogP contribution is 2.25. The molecule has 0 fully saturated rings. The lowest BCUT2D eigenvalue weighted by atomic mass is 10.1. The van der Waals surface area contributed by atoms with Gasteiger partial charge in [-0.3, -0.25) is 0 Å². The Balaban J connectivity index is 2.16. The molecule has 0 aliphatic rings. The summed E-state index contributed by atoms with van der Waals surface area (Å²) in [5.74, 6) is 0. The van der Waals surface area contributed by atoms with Crippen LogP contribution in [0.15, 0.2) is 54.6 Å². The smallest absolute Gasteiger partial charge is 0.163 e. The summed E-state index contributed by atoms with van der Waals surface area (Å²) in [7, 11) is 0. The number of benzene rings is 2. The summed E-state index contributed by atoms with van der Waals surface area (Å²) in [6.45, 7) is 2.04. The summed E-state index contributed by atoms with van der Waals surface area (Å²) in [5, 5.41) is 14.1. The summed E-state index contributed by atoms with van der Waals surface area (Å²) in [4.78, 5) is 0. The largest absolute Gasteiger partial charge is 0.232 e. The standard InChI is InChI=1S/C17H12ClN3/c1-12-2-8-16(9-3-12)21-17(10-15(11-19)20-21)13-4-6-14(18)7-5-13/h2-10H,1H3. The summed E-state index contributed by atoms with van der Waals surface area (Å²) >= 11 is 5.93. The van der Waals surface area contributed by atoms with Gasteiger partial charge in [0.1, 0.15) is 6.07 Å². The van der Waals surface area contributed by atoms with Crippen LogP contribution in [0, 0.1) is 18.3 Å². The van der Waals surface area contributed by atoms with Crippen LogP contribution in [0.5, 0.6) is 0 Å². The molecule has 0 N–H and O–H groups in total. The van der Waals surface area contributed by atoms with Crippen molar-refractivity contribution in [2.24, 2.45) is 0 Å². The monoisotopic (exact) mass is 293 g/mol. The fourth-order valence-electron chi connectivity index (χ4n) is 2.14. The van der Waals surface area contributed by atoms with E-state index in [1.165, 1.54) is 5.56 Å². The van der Waals surface area contributed by atoms with Gasteiger partial charge in [-0.15, -0.1) is 0 Å². The quantitative estimate of drug-likeness (QED) is 0.704.